The van der Waals surface area contributed by atoms with Gasteiger partial charge >= 0.3 is 0 Å². The number of aliphatic hydroxyl groups is 1. The van der Waals surface area contributed by atoms with Crippen molar-refractivity contribution >= 4 is 26.0 Å². The fourth-order valence-electron chi connectivity index (χ4n) is 2.07. The number of aliphatic hydroxyl groups excluding tert-OH is 1. The van der Waals surface area contributed by atoms with Gasteiger partial charge in [-0.3, -0.25) is 0 Å². The molecule has 4 nitrogen and oxygen atoms in total. The largest absolute Gasteiger partial charge is 0.395 e. The Labute approximate surface area is 109 Å². The van der Waals surface area contributed by atoms with E-state index in [1.165, 1.54) is 4.31 Å². The van der Waals surface area contributed by atoms with Crippen LogP contribution in [-0.4, -0.2) is 37.0 Å². The van der Waals surface area contributed by atoms with E-state index in [-0.39, 0.29) is 17.5 Å². The molecule has 0 radical (unpaired) electrons. The molecule has 1 aromatic carbocycles. The Morgan fingerprint density at radius 2 is 2.24 bits per heavy atom. The van der Waals surface area contributed by atoms with Crippen molar-refractivity contribution in [3.8, 4) is 0 Å². The predicted molar refractivity (Wildman–Crippen MR) is 68.1 cm³/mol. The summed E-state index contributed by atoms with van der Waals surface area (Å²) < 4.78 is 26.8. The summed E-state index contributed by atoms with van der Waals surface area (Å²) in [7, 11) is -3.48. The molecular weight excluding hydrogens is 306 g/mol. The summed E-state index contributed by atoms with van der Waals surface area (Å²) in [5, 5.41) is 9.19. The Bertz CT molecular complexity index is 503. The van der Waals surface area contributed by atoms with Gasteiger partial charge < -0.3 is 5.11 Å². The number of hydrogen-bond donors (Lipinski definition) is 1. The number of hydrogen-bond acceptors (Lipinski definition) is 3. The van der Waals surface area contributed by atoms with E-state index in [9.17, 15) is 13.5 Å². The van der Waals surface area contributed by atoms with Crippen LogP contribution in [0, 0.1) is 0 Å². The summed E-state index contributed by atoms with van der Waals surface area (Å²) in [5.74, 6) is 0. The van der Waals surface area contributed by atoms with Gasteiger partial charge in [0, 0.05) is 17.1 Å². The molecule has 0 spiro atoms. The van der Waals surface area contributed by atoms with Crippen molar-refractivity contribution in [2.24, 2.45) is 0 Å². The number of benzene rings is 1. The van der Waals surface area contributed by atoms with Crippen LogP contribution in [0.3, 0.4) is 0 Å². The molecule has 0 amide bonds. The van der Waals surface area contributed by atoms with Crippen molar-refractivity contribution in [2.45, 2.75) is 23.8 Å². The third-order valence-electron chi connectivity index (χ3n) is 2.94. The molecule has 6 heteroatoms. The molecule has 1 heterocycles. The van der Waals surface area contributed by atoms with Crippen molar-refractivity contribution in [2.75, 3.05) is 13.2 Å². The minimum atomic E-state index is -3.48. The highest BCUT2D eigenvalue weighted by Gasteiger charge is 2.34. The van der Waals surface area contributed by atoms with Gasteiger partial charge in [0.25, 0.3) is 0 Å². The lowest BCUT2D eigenvalue weighted by molar-refractivity contribution is 0.213. The molecule has 1 aliphatic heterocycles. The van der Waals surface area contributed by atoms with Gasteiger partial charge in [0.2, 0.25) is 10.0 Å². The van der Waals surface area contributed by atoms with Crippen LogP contribution in [0.5, 0.6) is 0 Å². The maximum atomic E-state index is 12.3. The molecule has 0 aromatic heterocycles. The lowest BCUT2D eigenvalue weighted by atomic mass is 10.2. The van der Waals surface area contributed by atoms with E-state index < -0.39 is 10.0 Å². The van der Waals surface area contributed by atoms with Crippen LogP contribution < -0.4 is 0 Å². The number of sulfonamides is 1. The van der Waals surface area contributed by atoms with E-state index in [0.717, 1.165) is 17.3 Å². The first-order chi connectivity index (χ1) is 8.05. The van der Waals surface area contributed by atoms with Crippen LogP contribution >= 0.6 is 15.9 Å². The number of rotatable bonds is 3. The first-order valence-corrected chi connectivity index (χ1v) is 7.67. The molecule has 0 saturated carbocycles. The third kappa shape index (κ3) is 2.54. The lowest BCUT2D eigenvalue weighted by Gasteiger charge is -2.22. The molecule has 0 bridgehead atoms. The summed E-state index contributed by atoms with van der Waals surface area (Å²) in [6.07, 6.45) is 1.53. The Morgan fingerprint density at radius 3 is 2.88 bits per heavy atom. The van der Waals surface area contributed by atoms with E-state index >= 15 is 0 Å². The van der Waals surface area contributed by atoms with E-state index in [1.807, 2.05) is 0 Å². The van der Waals surface area contributed by atoms with Crippen LogP contribution in [0.1, 0.15) is 12.8 Å². The topological polar surface area (TPSA) is 57.6 Å². The van der Waals surface area contributed by atoms with Gasteiger partial charge in [-0.05, 0) is 31.0 Å². The fraction of sp³-hybridized carbons (Fsp3) is 0.455. The second-order valence-corrected chi connectivity index (χ2v) is 6.86. The fourth-order valence-corrected chi connectivity index (χ4v) is 4.35. The number of halogens is 1. The average molecular weight is 320 g/mol. The Balaban J connectivity index is 2.36. The first-order valence-electron chi connectivity index (χ1n) is 5.44. The summed E-state index contributed by atoms with van der Waals surface area (Å²) >= 11 is 3.26. The minimum Gasteiger partial charge on any atom is -0.395 e. The molecule has 1 aromatic rings. The molecule has 2 rings (SSSR count). The van der Waals surface area contributed by atoms with Crippen molar-refractivity contribution in [1.29, 1.82) is 0 Å². The maximum Gasteiger partial charge on any atom is 0.243 e. The molecular formula is C11H14BrNO3S. The van der Waals surface area contributed by atoms with Gasteiger partial charge in [-0.25, -0.2) is 8.42 Å². The molecule has 0 unspecified atom stereocenters. The highest BCUT2D eigenvalue weighted by atomic mass is 79.9. The smallest absolute Gasteiger partial charge is 0.243 e. The summed E-state index contributed by atoms with van der Waals surface area (Å²) in [6.45, 7) is 0.368. The van der Waals surface area contributed by atoms with E-state index in [1.54, 1.807) is 24.3 Å². The van der Waals surface area contributed by atoms with Gasteiger partial charge in [0.05, 0.1) is 11.5 Å². The van der Waals surface area contributed by atoms with Crippen molar-refractivity contribution < 1.29 is 13.5 Å². The Hall–Kier alpha value is -0.430. The van der Waals surface area contributed by atoms with Gasteiger partial charge in [-0.1, -0.05) is 22.0 Å². The molecule has 17 heavy (non-hydrogen) atoms. The SMILES string of the molecule is O=S(=O)(c1cccc(Br)c1)N1CCC[C@H]1CO. The third-order valence-corrected chi connectivity index (χ3v) is 5.38. The molecule has 1 saturated heterocycles. The second-order valence-electron chi connectivity index (χ2n) is 4.05. The Kier molecular flexibility index (Phi) is 3.87. The van der Waals surface area contributed by atoms with Crippen LogP contribution in [0.2, 0.25) is 0 Å². The first kappa shape index (κ1) is 13.0. The zero-order valence-corrected chi connectivity index (χ0v) is 11.6. The van der Waals surface area contributed by atoms with Gasteiger partial charge in [0.15, 0.2) is 0 Å². The molecule has 1 N–H and O–H groups in total. The zero-order chi connectivity index (χ0) is 12.5. The van der Waals surface area contributed by atoms with Crippen molar-refractivity contribution in [3.05, 3.63) is 28.7 Å². The quantitative estimate of drug-likeness (QED) is 0.920. The normalized spacial score (nSPS) is 21.9. The highest BCUT2D eigenvalue weighted by molar-refractivity contribution is 9.10. The molecule has 1 aliphatic rings. The maximum absolute atomic E-state index is 12.3. The monoisotopic (exact) mass is 319 g/mol. The second kappa shape index (κ2) is 5.06. The molecule has 0 aliphatic carbocycles. The summed E-state index contributed by atoms with van der Waals surface area (Å²) in [4.78, 5) is 0.271. The van der Waals surface area contributed by atoms with Gasteiger partial charge in [-0.15, -0.1) is 0 Å². The van der Waals surface area contributed by atoms with Gasteiger partial charge in [0.1, 0.15) is 0 Å². The molecule has 1 atom stereocenters. The van der Waals surface area contributed by atoms with Crippen molar-refractivity contribution in [1.82, 2.24) is 4.31 Å². The molecule has 94 valence electrons. The Morgan fingerprint density at radius 1 is 1.47 bits per heavy atom. The zero-order valence-electron chi connectivity index (χ0n) is 9.21. The molecule has 1 fully saturated rings. The van der Waals surface area contributed by atoms with Crippen LogP contribution in [0.25, 0.3) is 0 Å². The summed E-state index contributed by atoms with van der Waals surface area (Å²) in [5.41, 5.74) is 0. The van der Waals surface area contributed by atoms with Crippen LogP contribution in [0.15, 0.2) is 33.6 Å². The van der Waals surface area contributed by atoms with Crippen LogP contribution in [0.4, 0.5) is 0 Å². The lowest BCUT2D eigenvalue weighted by Crippen LogP contribution is -2.37. The highest BCUT2D eigenvalue weighted by Crippen LogP contribution is 2.27. The van der Waals surface area contributed by atoms with Crippen LogP contribution in [-0.2, 0) is 10.0 Å². The predicted octanol–water partition coefficient (Wildman–Crippen LogP) is 1.59. The van der Waals surface area contributed by atoms with Gasteiger partial charge in [-0.2, -0.15) is 4.31 Å². The van der Waals surface area contributed by atoms with E-state index in [2.05, 4.69) is 15.9 Å². The minimum absolute atomic E-state index is 0.118. The summed E-state index contributed by atoms with van der Waals surface area (Å²) in [6, 6.07) is 6.36. The van der Waals surface area contributed by atoms with Crippen molar-refractivity contribution in [3.63, 3.8) is 0 Å². The van der Waals surface area contributed by atoms with E-state index in [0.29, 0.717) is 6.54 Å². The standard InChI is InChI=1S/C11H14BrNO3S/c12-9-3-1-5-11(7-9)17(15,16)13-6-2-4-10(13)8-14/h1,3,5,7,10,14H,2,4,6,8H2/t10-/m0/s1. The number of nitrogens with zero attached hydrogens (tertiary/aromatic N) is 1. The van der Waals surface area contributed by atoms with E-state index in [4.69, 9.17) is 0 Å². The average Bonchev–Trinajstić information content (AvgIpc) is 2.77.